The lowest BCUT2D eigenvalue weighted by Crippen LogP contribution is -2.41. The van der Waals surface area contributed by atoms with Crippen molar-refractivity contribution in [1.82, 2.24) is 5.32 Å². The highest BCUT2D eigenvalue weighted by Gasteiger charge is 2.13. The molecule has 0 bridgehead atoms. The Hall–Kier alpha value is -0.810. The predicted octanol–water partition coefficient (Wildman–Crippen LogP) is 1.56. The number of alkyl carbamates (subject to hydrolysis) is 1. The molecule has 96 valence electrons. The molecule has 0 radical (unpaired) electrons. The molecular weight excluding hydrogens is 210 g/mol. The first-order valence-corrected chi connectivity index (χ1v) is 5.47. The van der Waals surface area contributed by atoms with E-state index in [4.69, 9.17) is 14.2 Å². The van der Waals surface area contributed by atoms with Crippen LogP contribution in [0, 0.1) is 0 Å². The van der Waals surface area contributed by atoms with E-state index in [-0.39, 0.29) is 12.1 Å². The fraction of sp³-hybridized carbons (Fsp3) is 0.909. The Morgan fingerprint density at radius 1 is 1.12 bits per heavy atom. The van der Waals surface area contributed by atoms with Crippen molar-refractivity contribution in [1.29, 1.82) is 0 Å². The lowest BCUT2D eigenvalue weighted by Gasteiger charge is -2.19. The predicted molar refractivity (Wildman–Crippen MR) is 61.5 cm³/mol. The fourth-order valence-electron chi connectivity index (χ4n) is 0.943. The number of carbonyl (C=O) groups is 1. The molecule has 1 N–H and O–H groups in total. The van der Waals surface area contributed by atoms with Gasteiger partial charge in [0.2, 0.25) is 0 Å². The minimum Gasteiger partial charge on any atom is -0.447 e. The van der Waals surface area contributed by atoms with Crippen LogP contribution in [0.15, 0.2) is 0 Å². The highest BCUT2D eigenvalue weighted by molar-refractivity contribution is 5.67. The third-order valence-corrected chi connectivity index (χ3v) is 1.58. The molecule has 0 rings (SSSR count). The van der Waals surface area contributed by atoms with E-state index in [1.54, 1.807) is 7.11 Å². The number of hydrogen-bond acceptors (Lipinski definition) is 4. The molecule has 0 aromatic rings. The van der Waals surface area contributed by atoms with Gasteiger partial charge in [0.15, 0.2) is 0 Å². The van der Waals surface area contributed by atoms with Gasteiger partial charge in [-0.1, -0.05) is 0 Å². The van der Waals surface area contributed by atoms with Gasteiger partial charge in [-0.3, -0.25) is 0 Å². The van der Waals surface area contributed by atoms with E-state index in [9.17, 15) is 4.79 Å². The van der Waals surface area contributed by atoms with Gasteiger partial charge < -0.3 is 19.5 Å². The summed E-state index contributed by atoms with van der Waals surface area (Å²) in [7, 11) is 1.65. The maximum absolute atomic E-state index is 11.2. The van der Waals surface area contributed by atoms with Crippen LogP contribution >= 0.6 is 0 Å². The van der Waals surface area contributed by atoms with Crippen molar-refractivity contribution < 1.29 is 19.0 Å². The largest absolute Gasteiger partial charge is 0.447 e. The minimum absolute atomic E-state index is 0.267. The Morgan fingerprint density at radius 3 is 2.38 bits per heavy atom. The quantitative estimate of drug-likeness (QED) is 0.678. The van der Waals surface area contributed by atoms with E-state index in [0.717, 1.165) is 6.42 Å². The number of nitrogens with one attached hydrogen (secondary N) is 1. The smallest absolute Gasteiger partial charge is 0.407 e. The van der Waals surface area contributed by atoms with Crippen molar-refractivity contribution in [2.24, 2.45) is 0 Å². The van der Waals surface area contributed by atoms with Gasteiger partial charge in [-0.2, -0.15) is 0 Å². The summed E-state index contributed by atoms with van der Waals surface area (Å²) >= 11 is 0. The molecule has 1 amide bonds. The van der Waals surface area contributed by atoms with E-state index < -0.39 is 6.09 Å². The van der Waals surface area contributed by atoms with Gasteiger partial charge >= 0.3 is 6.09 Å². The molecule has 0 aromatic carbocycles. The van der Waals surface area contributed by atoms with E-state index in [1.807, 2.05) is 20.8 Å². The number of ether oxygens (including phenoxy) is 3. The zero-order valence-corrected chi connectivity index (χ0v) is 10.7. The average molecular weight is 233 g/mol. The van der Waals surface area contributed by atoms with Crippen molar-refractivity contribution in [3.8, 4) is 0 Å². The monoisotopic (exact) mass is 233 g/mol. The molecule has 0 saturated carbocycles. The first-order chi connectivity index (χ1) is 7.45. The third-order valence-electron chi connectivity index (χ3n) is 1.58. The van der Waals surface area contributed by atoms with E-state index in [1.165, 1.54) is 0 Å². The van der Waals surface area contributed by atoms with Crippen molar-refractivity contribution in [3.63, 3.8) is 0 Å². The molecule has 0 fully saturated rings. The number of methoxy groups -OCH3 is 1. The Kier molecular flexibility index (Phi) is 7.93. The first kappa shape index (κ1) is 15.2. The molecule has 0 heterocycles. The minimum atomic E-state index is -0.409. The maximum atomic E-state index is 11.2. The fourth-order valence-corrected chi connectivity index (χ4v) is 0.943. The van der Waals surface area contributed by atoms with Gasteiger partial charge in [0, 0.05) is 25.9 Å². The number of carbonyl (C=O) groups excluding carboxylic acids is 1. The molecule has 0 aromatic heterocycles. The normalized spacial score (nSPS) is 11.2. The molecule has 5 nitrogen and oxygen atoms in total. The first-order valence-electron chi connectivity index (χ1n) is 5.47. The average Bonchev–Trinajstić information content (AvgIpc) is 2.13. The van der Waals surface area contributed by atoms with Crippen LogP contribution in [-0.2, 0) is 14.2 Å². The molecule has 0 aliphatic rings. The number of hydrogen-bond donors (Lipinski definition) is 1. The van der Waals surface area contributed by atoms with Crippen molar-refractivity contribution in [3.05, 3.63) is 0 Å². The van der Waals surface area contributed by atoms with Crippen LogP contribution in [0.2, 0.25) is 0 Å². The molecule has 5 heteroatoms. The van der Waals surface area contributed by atoms with Crippen molar-refractivity contribution in [2.45, 2.75) is 32.7 Å². The summed E-state index contributed by atoms with van der Waals surface area (Å²) in [6.07, 6.45) is 0.443. The summed E-state index contributed by atoms with van der Waals surface area (Å²) in [5, 5.41) is 2.69. The van der Waals surface area contributed by atoms with E-state index >= 15 is 0 Å². The number of amides is 1. The molecule has 0 unspecified atom stereocenters. The Balaban J connectivity index is 3.28. The number of rotatable bonds is 7. The zero-order valence-electron chi connectivity index (χ0n) is 10.7. The van der Waals surface area contributed by atoms with Gasteiger partial charge in [0.25, 0.3) is 0 Å². The lowest BCUT2D eigenvalue weighted by atomic mass is 10.1. The van der Waals surface area contributed by atoms with Gasteiger partial charge in [-0.15, -0.1) is 0 Å². The lowest BCUT2D eigenvalue weighted by molar-refractivity contribution is 0.0595. The van der Waals surface area contributed by atoms with Crippen LogP contribution in [0.1, 0.15) is 27.2 Å². The highest BCUT2D eigenvalue weighted by Crippen LogP contribution is 1.98. The molecule has 0 aliphatic heterocycles. The Morgan fingerprint density at radius 2 is 1.81 bits per heavy atom. The summed E-state index contributed by atoms with van der Waals surface area (Å²) in [6.45, 7) is 7.69. The molecule has 0 spiro atoms. The van der Waals surface area contributed by atoms with Crippen LogP contribution in [-0.4, -0.2) is 45.2 Å². The molecule has 0 aliphatic carbocycles. The van der Waals surface area contributed by atoms with Crippen molar-refractivity contribution >= 4 is 6.09 Å². The van der Waals surface area contributed by atoms with Gasteiger partial charge in [-0.05, 0) is 27.2 Å². The van der Waals surface area contributed by atoms with Gasteiger partial charge in [0.1, 0.15) is 6.61 Å². The molecule has 16 heavy (non-hydrogen) atoms. The van der Waals surface area contributed by atoms with E-state index in [2.05, 4.69) is 5.32 Å². The van der Waals surface area contributed by atoms with Crippen molar-refractivity contribution in [2.75, 3.05) is 33.5 Å². The van der Waals surface area contributed by atoms with Gasteiger partial charge in [-0.25, -0.2) is 4.79 Å². The summed E-state index contributed by atoms with van der Waals surface area (Å²) in [4.78, 5) is 11.2. The second kappa shape index (κ2) is 8.35. The third kappa shape index (κ3) is 11.3. The molecular formula is C11H23NO4. The van der Waals surface area contributed by atoms with Crippen LogP contribution in [0.25, 0.3) is 0 Å². The summed E-state index contributed by atoms with van der Waals surface area (Å²) in [5.74, 6) is 0. The zero-order chi connectivity index (χ0) is 12.4. The SMILES string of the molecule is COCCCOCCOC(=O)NC(C)(C)C. The van der Waals surface area contributed by atoms with Crippen LogP contribution in [0.3, 0.4) is 0 Å². The second-order valence-electron chi connectivity index (χ2n) is 4.47. The van der Waals surface area contributed by atoms with Crippen LogP contribution in [0.5, 0.6) is 0 Å². The van der Waals surface area contributed by atoms with Crippen LogP contribution < -0.4 is 5.32 Å². The Labute approximate surface area is 97.4 Å². The van der Waals surface area contributed by atoms with Gasteiger partial charge in [0.05, 0.1) is 6.61 Å². The second-order valence-corrected chi connectivity index (χ2v) is 4.47. The van der Waals surface area contributed by atoms with E-state index in [0.29, 0.717) is 19.8 Å². The summed E-state index contributed by atoms with van der Waals surface area (Å²) < 4.78 is 15.0. The topological polar surface area (TPSA) is 56.8 Å². The Bertz CT molecular complexity index is 189. The van der Waals surface area contributed by atoms with Crippen LogP contribution in [0.4, 0.5) is 4.79 Å². The molecule has 0 saturated heterocycles. The maximum Gasteiger partial charge on any atom is 0.407 e. The molecule has 0 atom stereocenters. The highest BCUT2D eigenvalue weighted by atomic mass is 16.6. The standard InChI is InChI=1S/C11H23NO4/c1-11(2,3)12-10(13)16-9-8-15-7-5-6-14-4/h5-9H2,1-4H3,(H,12,13). The summed E-state index contributed by atoms with van der Waals surface area (Å²) in [6, 6.07) is 0. The summed E-state index contributed by atoms with van der Waals surface area (Å²) in [5.41, 5.74) is -0.267.